The molecule has 0 atom stereocenters. The van der Waals surface area contributed by atoms with Gasteiger partial charge in [-0.3, -0.25) is 9.82 Å². The molecule has 0 aliphatic heterocycles. The summed E-state index contributed by atoms with van der Waals surface area (Å²) in [5.74, 6) is 0.256. The minimum absolute atomic E-state index is 0.0639. The molecule has 1 aromatic carbocycles. The first kappa shape index (κ1) is 12.7. The van der Waals surface area contributed by atoms with Crippen LogP contribution in [0, 0.1) is 13.8 Å². The highest BCUT2D eigenvalue weighted by molar-refractivity contribution is 7.92. The van der Waals surface area contributed by atoms with Crippen LogP contribution in [-0.4, -0.2) is 23.8 Å². The van der Waals surface area contributed by atoms with Gasteiger partial charge < -0.3 is 4.52 Å². The Morgan fingerprint density at radius 2 is 2.10 bits per heavy atom. The smallest absolute Gasteiger partial charge is 0.267 e. The number of sulfonamides is 1. The highest BCUT2D eigenvalue weighted by Crippen LogP contribution is 2.26. The standard InChI is InChI=1S/C12H12N4O3S/c1-7-12(8(2)19-15-7)20(17,18)16-10-5-3-4-9-6-13-14-11(9)10/h3-6,16H,1-2H3,(H,13,14). The number of hydrogen-bond donors (Lipinski definition) is 2. The number of aromatic nitrogens is 3. The van der Waals surface area contributed by atoms with Gasteiger partial charge in [0, 0.05) is 5.39 Å². The van der Waals surface area contributed by atoms with Crippen LogP contribution in [0.1, 0.15) is 11.5 Å². The molecule has 0 unspecified atom stereocenters. The highest BCUT2D eigenvalue weighted by atomic mass is 32.2. The minimum atomic E-state index is -3.75. The van der Waals surface area contributed by atoms with Gasteiger partial charge >= 0.3 is 0 Å². The monoisotopic (exact) mass is 292 g/mol. The number of hydrogen-bond acceptors (Lipinski definition) is 5. The molecular formula is C12H12N4O3S. The van der Waals surface area contributed by atoms with Crippen LogP contribution in [0.25, 0.3) is 10.9 Å². The minimum Gasteiger partial charge on any atom is -0.360 e. The third-order valence-corrected chi connectivity index (χ3v) is 4.57. The molecule has 0 amide bonds. The molecule has 0 radical (unpaired) electrons. The molecule has 0 aliphatic rings. The summed E-state index contributed by atoms with van der Waals surface area (Å²) in [6.45, 7) is 3.15. The van der Waals surface area contributed by atoms with Crippen molar-refractivity contribution in [3.8, 4) is 0 Å². The van der Waals surface area contributed by atoms with Crippen molar-refractivity contribution < 1.29 is 12.9 Å². The van der Waals surface area contributed by atoms with Gasteiger partial charge in [-0.15, -0.1) is 0 Å². The van der Waals surface area contributed by atoms with Crippen LogP contribution >= 0.6 is 0 Å². The summed E-state index contributed by atoms with van der Waals surface area (Å²) >= 11 is 0. The molecule has 8 heteroatoms. The first-order valence-electron chi connectivity index (χ1n) is 5.87. The van der Waals surface area contributed by atoms with Crippen molar-refractivity contribution in [2.24, 2.45) is 0 Å². The Morgan fingerprint density at radius 3 is 2.80 bits per heavy atom. The van der Waals surface area contributed by atoms with Gasteiger partial charge in [0.05, 0.1) is 17.4 Å². The Hall–Kier alpha value is -2.35. The molecule has 7 nitrogen and oxygen atoms in total. The number of fused-ring (bicyclic) bond motifs is 1. The summed E-state index contributed by atoms with van der Waals surface area (Å²) in [5, 5.41) is 11.2. The van der Waals surface area contributed by atoms with Crippen molar-refractivity contribution in [2.75, 3.05) is 4.72 Å². The van der Waals surface area contributed by atoms with E-state index in [9.17, 15) is 8.42 Å². The van der Waals surface area contributed by atoms with Crippen molar-refractivity contribution in [3.05, 3.63) is 35.9 Å². The van der Waals surface area contributed by atoms with Gasteiger partial charge in [0.15, 0.2) is 10.7 Å². The van der Waals surface area contributed by atoms with E-state index in [1.54, 1.807) is 32.2 Å². The maximum atomic E-state index is 12.4. The van der Waals surface area contributed by atoms with Gasteiger partial charge in [-0.2, -0.15) is 5.10 Å². The molecule has 20 heavy (non-hydrogen) atoms. The number of rotatable bonds is 3. The normalized spacial score (nSPS) is 11.9. The maximum absolute atomic E-state index is 12.4. The first-order chi connectivity index (χ1) is 9.49. The van der Waals surface area contributed by atoms with Crippen LogP contribution in [0.3, 0.4) is 0 Å². The Balaban J connectivity index is 2.09. The van der Waals surface area contributed by atoms with Crippen LogP contribution in [0.4, 0.5) is 5.69 Å². The van der Waals surface area contributed by atoms with Gasteiger partial charge in [0.1, 0.15) is 5.69 Å². The van der Waals surface area contributed by atoms with Gasteiger partial charge in [-0.1, -0.05) is 17.3 Å². The van der Waals surface area contributed by atoms with E-state index in [0.717, 1.165) is 5.39 Å². The summed E-state index contributed by atoms with van der Waals surface area (Å²) in [6.07, 6.45) is 1.63. The van der Waals surface area contributed by atoms with Crippen LogP contribution in [0.5, 0.6) is 0 Å². The quantitative estimate of drug-likeness (QED) is 0.768. The lowest BCUT2D eigenvalue weighted by Gasteiger charge is -2.08. The number of H-pyrrole nitrogens is 1. The predicted octanol–water partition coefficient (Wildman–Crippen LogP) is 1.97. The second-order valence-electron chi connectivity index (χ2n) is 4.40. The summed E-state index contributed by atoms with van der Waals surface area (Å²) in [7, 11) is -3.75. The molecule has 0 saturated carbocycles. The van der Waals surface area contributed by atoms with E-state index in [-0.39, 0.29) is 10.7 Å². The maximum Gasteiger partial charge on any atom is 0.267 e. The number of aryl methyl sites for hydroxylation is 2. The third kappa shape index (κ3) is 1.94. The van der Waals surface area contributed by atoms with Crippen molar-refractivity contribution >= 4 is 26.6 Å². The van der Waals surface area contributed by atoms with Gasteiger partial charge in [0.25, 0.3) is 10.0 Å². The zero-order valence-electron chi connectivity index (χ0n) is 10.8. The van der Waals surface area contributed by atoms with Crippen molar-refractivity contribution in [1.29, 1.82) is 0 Å². The number of nitrogens with zero attached hydrogens (tertiary/aromatic N) is 2. The van der Waals surface area contributed by atoms with Gasteiger partial charge in [0.2, 0.25) is 0 Å². The Bertz CT molecular complexity index is 860. The number of nitrogens with one attached hydrogen (secondary N) is 2. The fraction of sp³-hybridized carbons (Fsp3) is 0.167. The molecule has 0 saturated heterocycles. The number of para-hydroxylation sites is 1. The third-order valence-electron chi connectivity index (χ3n) is 2.96. The number of benzene rings is 1. The lowest BCUT2D eigenvalue weighted by Crippen LogP contribution is -2.14. The molecule has 2 aromatic heterocycles. The molecule has 0 bridgehead atoms. The van der Waals surface area contributed by atoms with E-state index in [1.807, 2.05) is 6.07 Å². The lowest BCUT2D eigenvalue weighted by molar-refractivity contribution is 0.390. The van der Waals surface area contributed by atoms with Gasteiger partial charge in [-0.25, -0.2) is 8.42 Å². The van der Waals surface area contributed by atoms with E-state index < -0.39 is 10.0 Å². The summed E-state index contributed by atoms with van der Waals surface area (Å²) in [5.41, 5.74) is 1.38. The largest absolute Gasteiger partial charge is 0.360 e. The Kier molecular flexibility index (Phi) is 2.75. The fourth-order valence-electron chi connectivity index (χ4n) is 2.11. The summed E-state index contributed by atoms with van der Waals surface area (Å²) in [4.78, 5) is 0.0639. The molecule has 2 heterocycles. The Morgan fingerprint density at radius 1 is 1.30 bits per heavy atom. The predicted molar refractivity (Wildman–Crippen MR) is 72.9 cm³/mol. The summed E-state index contributed by atoms with van der Waals surface area (Å²) < 4.78 is 32.3. The van der Waals surface area contributed by atoms with Crippen molar-refractivity contribution in [3.63, 3.8) is 0 Å². The molecule has 0 fully saturated rings. The van der Waals surface area contributed by atoms with E-state index in [0.29, 0.717) is 16.9 Å². The fourth-order valence-corrected chi connectivity index (χ4v) is 3.51. The highest BCUT2D eigenvalue weighted by Gasteiger charge is 2.24. The number of aromatic amines is 1. The Labute approximate surface area is 115 Å². The van der Waals surface area contributed by atoms with Crippen LogP contribution < -0.4 is 4.72 Å². The lowest BCUT2D eigenvalue weighted by atomic mass is 10.2. The second kappa shape index (κ2) is 4.34. The molecular weight excluding hydrogens is 280 g/mol. The molecule has 3 rings (SSSR count). The first-order valence-corrected chi connectivity index (χ1v) is 7.35. The zero-order chi connectivity index (χ0) is 14.3. The molecule has 104 valence electrons. The van der Waals surface area contributed by atoms with E-state index >= 15 is 0 Å². The van der Waals surface area contributed by atoms with Crippen molar-refractivity contribution in [1.82, 2.24) is 15.4 Å². The molecule has 0 aliphatic carbocycles. The second-order valence-corrected chi connectivity index (χ2v) is 6.02. The molecule has 3 aromatic rings. The van der Waals surface area contributed by atoms with E-state index in [1.165, 1.54) is 0 Å². The van der Waals surface area contributed by atoms with E-state index in [4.69, 9.17) is 4.52 Å². The molecule has 0 spiro atoms. The average molecular weight is 292 g/mol. The van der Waals surface area contributed by atoms with E-state index in [2.05, 4.69) is 20.1 Å². The topological polar surface area (TPSA) is 101 Å². The van der Waals surface area contributed by atoms with Crippen molar-refractivity contribution in [2.45, 2.75) is 18.7 Å². The SMILES string of the molecule is Cc1noc(C)c1S(=O)(=O)Nc1cccc2cn[nH]c12. The van der Waals surface area contributed by atoms with Crippen LogP contribution in [0.2, 0.25) is 0 Å². The average Bonchev–Trinajstić information content (AvgIpc) is 2.96. The van der Waals surface area contributed by atoms with Gasteiger partial charge in [-0.05, 0) is 19.9 Å². The van der Waals surface area contributed by atoms with Crippen LogP contribution in [-0.2, 0) is 10.0 Å². The van der Waals surface area contributed by atoms with Crippen LogP contribution in [0.15, 0.2) is 33.8 Å². The summed E-state index contributed by atoms with van der Waals surface area (Å²) in [6, 6.07) is 5.26. The molecule has 2 N–H and O–H groups in total. The zero-order valence-corrected chi connectivity index (χ0v) is 11.7. The number of anilines is 1.